The molecule has 0 radical (unpaired) electrons. The Morgan fingerprint density at radius 3 is 2.15 bits per heavy atom. The van der Waals surface area contributed by atoms with E-state index in [2.05, 4.69) is 103 Å². The van der Waals surface area contributed by atoms with Crippen molar-refractivity contribution in [3.63, 3.8) is 0 Å². The van der Waals surface area contributed by atoms with Crippen LogP contribution in [0, 0.1) is 6.92 Å². The zero-order chi connectivity index (χ0) is 26.9. The number of fused-ring (bicyclic) bond motifs is 2. The lowest BCUT2D eigenvalue weighted by atomic mass is 9.98. The molecule has 0 unspecified atom stereocenters. The fourth-order valence-electron chi connectivity index (χ4n) is 5.21. The van der Waals surface area contributed by atoms with Crippen molar-refractivity contribution in [1.82, 2.24) is 19.9 Å². The summed E-state index contributed by atoms with van der Waals surface area (Å²) in [6, 6.07) is 41.8. The van der Waals surface area contributed by atoms with Gasteiger partial charge in [0.1, 0.15) is 5.69 Å². The molecule has 190 valence electrons. The maximum atomic E-state index is 5.06. The summed E-state index contributed by atoms with van der Waals surface area (Å²) in [7, 11) is 0. The Morgan fingerprint density at radius 2 is 1.32 bits per heavy atom. The van der Waals surface area contributed by atoms with Crippen LogP contribution >= 0.6 is 0 Å². The van der Waals surface area contributed by atoms with E-state index in [9.17, 15) is 0 Å². The number of rotatable bonds is 5. The lowest BCUT2D eigenvalue weighted by Crippen LogP contribution is -1.98. The van der Waals surface area contributed by atoms with Gasteiger partial charge in [-0.15, -0.1) is 0 Å². The van der Waals surface area contributed by atoms with Gasteiger partial charge in [0, 0.05) is 29.3 Å². The van der Waals surface area contributed by atoms with Crippen LogP contribution in [0.3, 0.4) is 0 Å². The van der Waals surface area contributed by atoms with Crippen LogP contribution in [0.4, 0.5) is 0 Å². The summed E-state index contributed by atoms with van der Waals surface area (Å²) in [5.74, 6) is 0. The molecule has 0 fully saturated rings. The van der Waals surface area contributed by atoms with Crippen molar-refractivity contribution in [2.75, 3.05) is 0 Å². The number of aromatic nitrogens is 4. The second-order valence-corrected chi connectivity index (χ2v) is 10.0. The molecule has 40 heavy (non-hydrogen) atoms. The van der Waals surface area contributed by atoms with Gasteiger partial charge in [-0.2, -0.15) is 0 Å². The minimum absolute atomic E-state index is 0.737. The van der Waals surface area contributed by atoms with Gasteiger partial charge in [-0.25, -0.2) is 9.97 Å². The minimum Gasteiger partial charge on any atom is -0.255 e. The fourth-order valence-corrected chi connectivity index (χ4v) is 5.21. The number of hydrogen-bond donors (Lipinski definition) is 0. The van der Waals surface area contributed by atoms with Gasteiger partial charge in [0.15, 0.2) is 0 Å². The molecule has 0 aliphatic rings. The highest BCUT2D eigenvalue weighted by Gasteiger charge is 2.15. The smallest absolute Gasteiger partial charge is 0.116 e. The third-order valence-electron chi connectivity index (χ3n) is 7.19. The average Bonchev–Trinajstić information content (AvgIpc) is 3.01. The summed E-state index contributed by atoms with van der Waals surface area (Å²) in [5.41, 5.74) is 12.0. The van der Waals surface area contributed by atoms with Crippen molar-refractivity contribution < 1.29 is 0 Å². The van der Waals surface area contributed by atoms with E-state index in [1.165, 1.54) is 22.1 Å². The predicted octanol–water partition coefficient (Wildman–Crippen LogP) is 8.47. The van der Waals surface area contributed by atoms with Gasteiger partial charge in [-0.1, -0.05) is 84.9 Å². The van der Waals surface area contributed by atoms with Gasteiger partial charge in [0.05, 0.1) is 27.9 Å². The van der Waals surface area contributed by atoms with Crippen LogP contribution in [0.25, 0.3) is 55.7 Å². The molecule has 3 aromatic heterocycles. The normalized spacial score (nSPS) is 11.2. The molecule has 4 heteroatoms. The monoisotopic (exact) mass is 514 g/mol. The Bertz CT molecular complexity index is 1970. The number of aryl methyl sites for hydroxylation is 1. The molecular formula is C36H26N4. The van der Waals surface area contributed by atoms with E-state index in [1.54, 1.807) is 6.20 Å². The molecule has 0 aliphatic heterocycles. The van der Waals surface area contributed by atoms with Crippen molar-refractivity contribution in [2.24, 2.45) is 0 Å². The first-order valence-electron chi connectivity index (χ1n) is 13.4. The van der Waals surface area contributed by atoms with Gasteiger partial charge in [-0.05, 0) is 65.6 Å². The molecule has 7 aromatic rings. The van der Waals surface area contributed by atoms with Crippen LogP contribution < -0.4 is 0 Å². The third kappa shape index (κ3) is 4.61. The summed E-state index contributed by atoms with van der Waals surface area (Å²) >= 11 is 0. The van der Waals surface area contributed by atoms with Crippen LogP contribution in [0.5, 0.6) is 0 Å². The first-order valence-corrected chi connectivity index (χ1v) is 13.4. The number of nitrogens with zero attached hydrogens (tertiary/aromatic N) is 4. The van der Waals surface area contributed by atoms with E-state index >= 15 is 0 Å². The molecule has 0 bridgehead atoms. The zero-order valence-corrected chi connectivity index (χ0v) is 22.1. The van der Waals surface area contributed by atoms with Crippen molar-refractivity contribution in [3.8, 4) is 33.8 Å². The number of benzene rings is 4. The van der Waals surface area contributed by atoms with E-state index in [-0.39, 0.29) is 0 Å². The molecule has 7 rings (SSSR count). The molecule has 4 nitrogen and oxygen atoms in total. The highest BCUT2D eigenvalue weighted by molar-refractivity contribution is 5.94. The largest absolute Gasteiger partial charge is 0.255 e. The Balaban J connectivity index is 1.27. The zero-order valence-electron chi connectivity index (χ0n) is 22.1. The molecule has 0 aliphatic carbocycles. The highest BCUT2D eigenvalue weighted by Crippen LogP contribution is 2.32. The van der Waals surface area contributed by atoms with Crippen LogP contribution in [-0.4, -0.2) is 19.9 Å². The highest BCUT2D eigenvalue weighted by atomic mass is 14.9. The van der Waals surface area contributed by atoms with Gasteiger partial charge in [0.25, 0.3) is 0 Å². The molecular weight excluding hydrogens is 488 g/mol. The molecule has 0 saturated carbocycles. The van der Waals surface area contributed by atoms with Crippen LogP contribution in [-0.2, 0) is 6.42 Å². The number of hydrogen-bond acceptors (Lipinski definition) is 4. The van der Waals surface area contributed by atoms with Crippen molar-refractivity contribution >= 4 is 21.9 Å². The second-order valence-electron chi connectivity index (χ2n) is 10.0. The van der Waals surface area contributed by atoms with Crippen molar-refractivity contribution in [1.29, 1.82) is 0 Å². The van der Waals surface area contributed by atoms with Gasteiger partial charge >= 0.3 is 0 Å². The fraction of sp³-hybridized carbons (Fsp3) is 0.0556. The van der Waals surface area contributed by atoms with Gasteiger partial charge < -0.3 is 0 Å². The third-order valence-corrected chi connectivity index (χ3v) is 7.19. The van der Waals surface area contributed by atoms with E-state index in [4.69, 9.17) is 15.0 Å². The SMILES string of the molecule is Cc1ccc2nc(-c3ccccn3)c(-c3ccc(Cc4cc(-c5ccccc5)c5ccccc5n4)cc3)nc2c1. The van der Waals surface area contributed by atoms with Crippen LogP contribution in [0.15, 0.2) is 128 Å². The summed E-state index contributed by atoms with van der Waals surface area (Å²) in [5, 5.41) is 1.17. The van der Waals surface area contributed by atoms with E-state index in [1.807, 2.05) is 30.3 Å². The quantitative estimate of drug-likeness (QED) is 0.231. The molecule has 0 spiro atoms. The molecule has 0 amide bonds. The molecule has 3 heterocycles. The Morgan fingerprint density at radius 1 is 0.550 bits per heavy atom. The predicted molar refractivity (Wildman–Crippen MR) is 163 cm³/mol. The average molecular weight is 515 g/mol. The number of pyridine rings is 2. The van der Waals surface area contributed by atoms with Crippen molar-refractivity contribution in [3.05, 3.63) is 144 Å². The minimum atomic E-state index is 0.737. The number of para-hydroxylation sites is 1. The first-order chi connectivity index (χ1) is 19.7. The Labute approximate surface area is 233 Å². The van der Waals surface area contributed by atoms with Crippen LogP contribution in [0.2, 0.25) is 0 Å². The topological polar surface area (TPSA) is 51.6 Å². The summed E-state index contributed by atoms with van der Waals surface area (Å²) < 4.78 is 0. The van der Waals surface area contributed by atoms with Crippen molar-refractivity contribution in [2.45, 2.75) is 13.3 Å². The van der Waals surface area contributed by atoms with Gasteiger partial charge in [0.2, 0.25) is 0 Å². The maximum absolute atomic E-state index is 5.06. The standard InChI is InChI=1S/C36H26N4/c1-24-14-19-32-34(21-24)40-35(36(39-32)33-13-7-8-20-37-33)27-17-15-25(16-18-27)22-28-23-30(26-9-3-2-4-10-26)29-11-5-6-12-31(29)38-28/h2-21,23H,22H2,1H3. The lowest BCUT2D eigenvalue weighted by molar-refractivity contribution is 1.10. The molecule has 4 aromatic carbocycles. The lowest BCUT2D eigenvalue weighted by Gasteiger charge is -2.12. The summed E-state index contributed by atoms with van der Waals surface area (Å²) in [6.07, 6.45) is 2.53. The maximum Gasteiger partial charge on any atom is 0.116 e. The van der Waals surface area contributed by atoms with E-state index < -0.39 is 0 Å². The molecule has 0 atom stereocenters. The molecule has 0 N–H and O–H groups in total. The van der Waals surface area contributed by atoms with E-state index in [0.29, 0.717) is 0 Å². The Hall–Kier alpha value is -5.22. The van der Waals surface area contributed by atoms with Crippen LogP contribution in [0.1, 0.15) is 16.8 Å². The van der Waals surface area contributed by atoms with Gasteiger partial charge in [-0.3, -0.25) is 9.97 Å². The summed E-state index contributed by atoms with van der Waals surface area (Å²) in [4.78, 5) is 19.6. The first kappa shape index (κ1) is 23.9. The summed E-state index contributed by atoms with van der Waals surface area (Å²) in [6.45, 7) is 2.08. The Kier molecular flexibility index (Phi) is 6.06. The molecule has 0 saturated heterocycles. The van der Waals surface area contributed by atoms with E-state index in [0.717, 1.165) is 56.9 Å². The second kappa shape index (κ2) is 10.2.